The highest BCUT2D eigenvalue weighted by atomic mass is 16.6. The molecule has 3 aromatic rings. The highest BCUT2D eigenvalue weighted by Crippen LogP contribution is 2.37. The van der Waals surface area contributed by atoms with E-state index in [1.165, 1.54) is 27.1 Å². The Kier molecular flexibility index (Phi) is 7.20. The summed E-state index contributed by atoms with van der Waals surface area (Å²) in [5.74, 6) is -2.21. The van der Waals surface area contributed by atoms with Crippen molar-refractivity contribution >= 4 is 40.8 Å². The minimum Gasteiger partial charge on any atom is -0.463 e. The van der Waals surface area contributed by atoms with Crippen molar-refractivity contribution in [1.82, 2.24) is 19.9 Å². The molecule has 2 aromatic heterocycles. The molecular formula is C23H23N5O8. The van der Waals surface area contributed by atoms with Crippen LogP contribution in [0.2, 0.25) is 0 Å². The lowest BCUT2D eigenvalue weighted by Crippen LogP contribution is -2.40. The third-order valence-corrected chi connectivity index (χ3v) is 5.19. The van der Waals surface area contributed by atoms with Gasteiger partial charge >= 0.3 is 17.9 Å². The number of H-pyrrole nitrogens is 1. The zero-order valence-electron chi connectivity index (χ0n) is 19.6. The molecule has 0 radical (unpaired) electrons. The fourth-order valence-electron chi connectivity index (χ4n) is 3.76. The maximum absolute atomic E-state index is 12.8. The topological polar surface area (TPSA) is 172 Å². The average Bonchev–Trinajstić information content (AvgIpc) is 3.43. The Morgan fingerprint density at radius 3 is 2.33 bits per heavy atom. The summed E-state index contributed by atoms with van der Waals surface area (Å²) in [6.07, 6.45) is -3.01. The first-order chi connectivity index (χ1) is 17.2. The molecule has 1 saturated heterocycles. The third kappa shape index (κ3) is 5.46. The molecule has 36 heavy (non-hydrogen) atoms. The Bertz CT molecular complexity index is 1290. The predicted octanol–water partition coefficient (Wildman–Crippen LogP) is 1.47. The van der Waals surface area contributed by atoms with Gasteiger partial charge in [-0.15, -0.1) is 0 Å². The molecule has 3 heterocycles. The van der Waals surface area contributed by atoms with Gasteiger partial charge in [-0.3, -0.25) is 19.2 Å². The number of aromatic amines is 1. The fraction of sp³-hybridized carbons (Fsp3) is 0.348. The number of nitrogens with one attached hydrogen (secondary N) is 2. The second kappa shape index (κ2) is 10.5. The van der Waals surface area contributed by atoms with Gasteiger partial charge in [0.15, 0.2) is 35.6 Å². The van der Waals surface area contributed by atoms with Crippen LogP contribution in [-0.2, 0) is 33.3 Å². The number of carbonyl (C=O) groups is 4. The van der Waals surface area contributed by atoms with E-state index in [-0.39, 0.29) is 23.9 Å². The quantitative estimate of drug-likeness (QED) is 0.358. The standard InChI is InChI=1S/C23H23N5O8/c1-11(29)33-9-15-17(34-12(2)30)18(35-13(3)31)19(36-15)22-26-20-16(24-10-25-20)21(27-22)28-23(32)14-7-5-4-6-8-14/h4-8,10,15,17-19H,9H2,1-3H3,(H2,24,25,26,27,28,32)/t15-,17+,18-,19-/m1/s1. The van der Waals surface area contributed by atoms with Crippen molar-refractivity contribution in [2.45, 2.75) is 45.2 Å². The lowest BCUT2D eigenvalue weighted by molar-refractivity contribution is -0.165. The second-order valence-corrected chi connectivity index (χ2v) is 7.90. The van der Waals surface area contributed by atoms with Gasteiger partial charge in [-0.25, -0.2) is 15.0 Å². The van der Waals surface area contributed by atoms with Gasteiger partial charge < -0.3 is 29.2 Å². The normalized spacial score (nSPS) is 21.1. The van der Waals surface area contributed by atoms with E-state index < -0.39 is 48.2 Å². The molecule has 188 valence electrons. The molecule has 4 atom stereocenters. The Hall–Kier alpha value is -4.39. The molecule has 0 spiro atoms. The molecule has 0 unspecified atom stereocenters. The summed E-state index contributed by atoms with van der Waals surface area (Å²) in [4.78, 5) is 63.7. The zero-order chi connectivity index (χ0) is 25.8. The molecule has 2 N–H and O–H groups in total. The third-order valence-electron chi connectivity index (χ3n) is 5.19. The molecule has 4 rings (SSSR count). The molecule has 1 amide bonds. The van der Waals surface area contributed by atoms with Crippen LogP contribution in [0.3, 0.4) is 0 Å². The number of benzene rings is 1. The van der Waals surface area contributed by atoms with Crippen molar-refractivity contribution < 1.29 is 38.1 Å². The number of nitrogens with zero attached hydrogens (tertiary/aromatic N) is 3. The maximum atomic E-state index is 12.8. The lowest BCUT2D eigenvalue weighted by Gasteiger charge is -2.23. The van der Waals surface area contributed by atoms with Crippen molar-refractivity contribution in [3.63, 3.8) is 0 Å². The number of rotatable bonds is 7. The maximum Gasteiger partial charge on any atom is 0.303 e. The van der Waals surface area contributed by atoms with Gasteiger partial charge in [0.2, 0.25) is 0 Å². The Labute approximate surface area is 204 Å². The molecular weight excluding hydrogens is 474 g/mol. The predicted molar refractivity (Wildman–Crippen MR) is 121 cm³/mol. The van der Waals surface area contributed by atoms with Crippen LogP contribution < -0.4 is 5.32 Å². The van der Waals surface area contributed by atoms with Crippen LogP contribution in [0.1, 0.15) is 43.1 Å². The Morgan fingerprint density at radius 2 is 1.67 bits per heavy atom. The van der Waals surface area contributed by atoms with Gasteiger partial charge in [0.25, 0.3) is 5.91 Å². The van der Waals surface area contributed by atoms with E-state index in [9.17, 15) is 19.2 Å². The zero-order valence-corrected chi connectivity index (χ0v) is 19.6. The summed E-state index contributed by atoms with van der Waals surface area (Å²) < 4.78 is 21.8. The van der Waals surface area contributed by atoms with Crippen LogP contribution in [-0.4, -0.2) is 68.7 Å². The molecule has 1 aliphatic rings. The van der Waals surface area contributed by atoms with Gasteiger partial charge in [0.05, 0.1) is 6.33 Å². The number of amides is 1. The van der Waals surface area contributed by atoms with Gasteiger partial charge in [-0.1, -0.05) is 18.2 Å². The van der Waals surface area contributed by atoms with E-state index in [1.807, 2.05) is 0 Å². The number of carbonyl (C=O) groups excluding carboxylic acids is 4. The van der Waals surface area contributed by atoms with Crippen molar-refractivity contribution in [1.29, 1.82) is 0 Å². The van der Waals surface area contributed by atoms with E-state index in [2.05, 4.69) is 25.3 Å². The highest BCUT2D eigenvalue weighted by Gasteiger charge is 2.51. The van der Waals surface area contributed by atoms with Crippen LogP contribution in [0.4, 0.5) is 5.82 Å². The van der Waals surface area contributed by atoms with Crippen molar-refractivity contribution in [3.05, 3.63) is 48.0 Å². The van der Waals surface area contributed by atoms with E-state index in [0.29, 0.717) is 11.1 Å². The van der Waals surface area contributed by atoms with Gasteiger partial charge in [0, 0.05) is 26.3 Å². The number of hydrogen-bond donors (Lipinski definition) is 2. The monoisotopic (exact) mass is 497 g/mol. The van der Waals surface area contributed by atoms with Crippen LogP contribution >= 0.6 is 0 Å². The molecule has 1 aromatic carbocycles. The van der Waals surface area contributed by atoms with E-state index in [4.69, 9.17) is 18.9 Å². The van der Waals surface area contributed by atoms with Gasteiger partial charge in [0.1, 0.15) is 18.2 Å². The molecule has 0 saturated carbocycles. The van der Waals surface area contributed by atoms with Crippen LogP contribution in [0.5, 0.6) is 0 Å². The van der Waals surface area contributed by atoms with Gasteiger partial charge in [-0.2, -0.15) is 0 Å². The first-order valence-corrected chi connectivity index (χ1v) is 10.9. The summed E-state index contributed by atoms with van der Waals surface area (Å²) in [7, 11) is 0. The lowest BCUT2D eigenvalue weighted by atomic mass is 10.1. The summed E-state index contributed by atoms with van der Waals surface area (Å²) >= 11 is 0. The molecule has 13 heteroatoms. The second-order valence-electron chi connectivity index (χ2n) is 7.90. The van der Waals surface area contributed by atoms with Crippen molar-refractivity contribution in [2.75, 3.05) is 11.9 Å². The van der Waals surface area contributed by atoms with Crippen molar-refractivity contribution in [3.8, 4) is 0 Å². The summed E-state index contributed by atoms with van der Waals surface area (Å²) in [6.45, 7) is 3.31. The smallest absolute Gasteiger partial charge is 0.303 e. The minimum atomic E-state index is -1.17. The van der Waals surface area contributed by atoms with Crippen LogP contribution in [0.25, 0.3) is 11.2 Å². The first kappa shape index (κ1) is 24.7. The average molecular weight is 497 g/mol. The summed E-state index contributed by atoms with van der Waals surface area (Å²) in [5.41, 5.74) is 0.968. The highest BCUT2D eigenvalue weighted by molar-refractivity contribution is 6.06. The van der Waals surface area contributed by atoms with Crippen LogP contribution in [0, 0.1) is 0 Å². The number of esters is 3. The number of aromatic nitrogens is 4. The minimum absolute atomic E-state index is 0.00619. The first-order valence-electron chi connectivity index (χ1n) is 10.9. The number of fused-ring (bicyclic) bond motifs is 1. The molecule has 13 nitrogen and oxygen atoms in total. The van der Waals surface area contributed by atoms with Crippen LogP contribution in [0.15, 0.2) is 36.7 Å². The number of ether oxygens (including phenoxy) is 4. The summed E-state index contributed by atoms with van der Waals surface area (Å²) in [5, 5.41) is 2.72. The number of hydrogen-bond acceptors (Lipinski definition) is 11. The van der Waals surface area contributed by atoms with E-state index in [0.717, 1.165) is 0 Å². The molecule has 0 bridgehead atoms. The Morgan fingerprint density at radius 1 is 0.972 bits per heavy atom. The molecule has 1 fully saturated rings. The number of imidazole rings is 1. The van der Waals surface area contributed by atoms with E-state index >= 15 is 0 Å². The van der Waals surface area contributed by atoms with E-state index in [1.54, 1.807) is 30.3 Å². The number of anilines is 1. The molecule has 0 aliphatic carbocycles. The SMILES string of the molecule is CC(=O)OC[C@H]1O[C@@H](c2nc(NC(=O)c3ccccc3)c3[nH]cnc3n2)[C@H](OC(C)=O)[C@H]1OC(C)=O. The largest absolute Gasteiger partial charge is 0.463 e. The Balaban J connectivity index is 1.72. The fourth-order valence-corrected chi connectivity index (χ4v) is 3.76. The summed E-state index contributed by atoms with van der Waals surface area (Å²) in [6, 6.07) is 8.51. The van der Waals surface area contributed by atoms with Gasteiger partial charge in [-0.05, 0) is 12.1 Å². The molecule has 1 aliphatic heterocycles. The van der Waals surface area contributed by atoms with Crippen molar-refractivity contribution in [2.24, 2.45) is 0 Å².